The Bertz CT molecular complexity index is 747. The van der Waals surface area contributed by atoms with Gasteiger partial charge in [0.25, 0.3) is 5.91 Å². The largest absolute Gasteiger partial charge is 0.338 e. The standard InChI is InChI=1S/C18H26N4OS.ClH/c1-5-6-9-15-12(2)20-22(14(15)4)18-19-13(3)16(24-18)17(23)21-10-7-8-11-21;/h5-11H2,1-4H3;1H. The minimum Gasteiger partial charge on any atom is -0.338 e. The second-order valence-corrected chi connectivity index (χ2v) is 7.55. The van der Waals surface area contributed by atoms with Gasteiger partial charge < -0.3 is 4.90 Å². The van der Waals surface area contributed by atoms with Gasteiger partial charge in [0.2, 0.25) is 5.13 Å². The third-order valence-electron chi connectivity index (χ3n) is 4.78. The van der Waals surface area contributed by atoms with Crippen molar-refractivity contribution in [3.63, 3.8) is 0 Å². The number of likely N-dealkylation sites (tertiary alicyclic amines) is 1. The molecule has 138 valence electrons. The molecule has 3 heterocycles. The van der Waals surface area contributed by atoms with Gasteiger partial charge in [0.1, 0.15) is 4.88 Å². The highest BCUT2D eigenvalue weighted by Crippen LogP contribution is 2.27. The number of hydrogen-bond acceptors (Lipinski definition) is 4. The van der Waals surface area contributed by atoms with E-state index in [1.54, 1.807) is 0 Å². The lowest BCUT2D eigenvalue weighted by Gasteiger charge is -2.13. The second kappa shape index (κ2) is 8.32. The molecule has 1 fully saturated rings. The van der Waals surface area contributed by atoms with Crippen molar-refractivity contribution in [1.29, 1.82) is 0 Å². The van der Waals surface area contributed by atoms with E-state index >= 15 is 0 Å². The maximum Gasteiger partial charge on any atom is 0.265 e. The second-order valence-electron chi connectivity index (χ2n) is 6.58. The summed E-state index contributed by atoms with van der Waals surface area (Å²) in [5, 5.41) is 5.49. The molecule has 5 nitrogen and oxygen atoms in total. The fourth-order valence-electron chi connectivity index (χ4n) is 3.31. The molecule has 0 bridgehead atoms. The van der Waals surface area contributed by atoms with Gasteiger partial charge in [0, 0.05) is 18.8 Å². The molecule has 0 atom stereocenters. The van der Waals surface area contributed by atoms with Crippen LogP contribution >= 0.6 is 23.7 Å². The smallest absolute Gasteiger partial charge is 0.265 e. The van der Waals surface area contributed by atoms with E-state index in [1.807, 2.05) is 16.5 Å². The summed E-state index contributed by atoms with van der Waals surface area (Å²) in [5.74, 6) is 0.126. The van der Waals surface area contributed by atoms with Gasteiger partial charge in [-0.3, -0.25) is 4.79 Å². The summed E-state index contributed by atoms with van der Waals surface area (Å²) in [6.07, 6.45) is 5.61. The Balaban J connectivity index is 0.00000225. The number of hydrogen-bond donors (Lipinski definition) is 0. The number of thiazole rings is 1. The van der Waals surface area contributed by atoms with Crippen LogP contribution in [0.2, 0.25) is 0 Å². The molecule has 25 heavy (non-hydrogen) atoms. The van der Waals surface area contributed by atoms with Crippen LogP contribution in [-0.2, 0) is 6.42 Å². The first-order valence-corrected chi connectivity index (χ1v) is 9.66. The molecule has 1 aliphatic heterocycles. The number of carbonyl (C=O) groups is 1. The van der Waals surface area contributed by atoms with Gasteiger partial charge in [0.15, 0.2) is 0 Å². The monoisotopic (exact) mass is 382 g/mol. The fourth-order valence-corrected chi connectivity index (χ4v) is 4.35. The molecule has 1 amide bonds. The lowest BCUT2D eigenvalue weighted by molar-refractivity contribution is 0.0796. The predicted octanol–water partition coefficient (Wildman–Crippen LogP) is 4.25. The quantitative estimate of drug-likeness (QED) is 0.776. The number of unbranched alkanes of at least 4 members (excludes halogenated alkanes) is 1. The molecular formula is C18H27ClN4OS. The number of halogens is 1. The molecule has 2 aromatic heterocycles. The number of carbonyl (C=O) groups excluding carboxylic acids is 1. The molecule has 0 saturated carbocycles. The Hall–Kier alpha value is -1.40. The molecular weight excluding hydrogens is 356 g/mol. The molecule has 0 spiro atoms. The highest BCUT2D eigenvalue weighted by atomic mass is 35.5. The van der Waals surface area contributed by atoms with Crippen molar-refractivity contribution < 1.29 is 4.79 Å². The normalized spacial score (nSPS) is 14.0. The highest BCUT2D eigenvalue weighted by Gasteiger charge is 2.25. The van der Waals surface area contributed by atoms with Crippen molar-refractivity contribution in [1.82, 2.24) is 19.7 Å². The van der Waals surface area contributed by atoms with Crippen LogP contribution in [0.15, 0.2) is 0 Å². The summed E-state index contributed by atoms with van der Waals surface area (Å²) >= 11 is 1.47. The van der Waals surface area contributed by atoms with Gasteiger partial charge >= 0.3 is 0 Å². The Morgan fingerprint density at radius 3 is 2.48 bits per heavy atom. The predicted molar refractivity (Wildman–Crippen MR) is 104 cm³/mol. The van der Waals surface area contributed by atoms with Crippen LogP contribution in [0.3, 0.4) is 0 Å². The molecule has 3 rings (SSSR count). The van der Waals surface area contributed by atoms with Crippen LogP contribution < -0.4 is 0 Å². The number of rotatable bonds is 5. The molecule has 0 radical (unpaired) electrons. The lowest BCUT2D eigenvalue weighted by atomic mass is 10.1. The summed E-state index contributed by atoms with van der Waals surface area (Å²) < 4.78 is 1.92. The van der Waals surface area contributed by atoms with Crippen LogP contribution in [0, 0.1) is 20.8 Å². The first-order valence-electron chi connectivity index (χ1n) is 8.85. The summed E-state index contributed by atoms with van der Waals surface area (Å²) in [6.45, 7) is 10.0. The average molecular weight is 383 g/mol. The first kappa shape index (κ1) is 19.9. The summed E-state index contributed by atoms with van der Waals surface area (Å²) in [4.78, 5) is 20.0. The maximum atomic E-state index is 12.7. The molecule has 2 aromatic rings. The minimum absolute atomic E-state index is 0. The van der Waals surface area contributed by atoms with Gasteiger partial charge in [-0.05, 0) is 52.0 Å². The van der Waals surface area contributed by atoms with Gasteiger partial charge in [0.05, 0.1) is 11.4 Å². The van der Waals surface area contributed by atoms with Crippen molar-refractivity contribution in [3.8, 4) is 5.13 Å². The maximum absolute atomic E-state index is 12.7. The van der Waals surface area contributed by atoms with Gasteiger partial charge in [-0.2, -0.15) is 5.10 Å². The van der Waals surface area contributed by atoms with Gasteiger partial charge in [-0.25, -0.2) is 9.67 Å². The van der Waals surface area contributed by atoms with Crippen molar-refractivity contribution in [2.45, 2.75) is 59.8 Å². The van der Waals surface area contributed by atoms with E-state index in [4.69, 9.17) is 0 Å². The zero-order valence-corrected chi connectivity index (χ0v) is 17.1. The van der Waals surface area contributed by atoms with E-state index in [0.29, 0.717) is 0 Å². The number of aryl methyl sites for hydroxylation is 2. The Kier molecular flexibility index (Phi) is 6.63. The Labute approximate surface area is 159 Å². The third-order valence-corrected chi connectivity index (χ3v) is 5.90. The van der Waals surface area contributed by atoms with Crippen LogP contribution in [0.25, 0.3) is 5.13 Å². The Morgan fingerprint density at radius 2 is 1.84 bits per heavy atom. The van der Waals surface area contributed by atoms with E-state index in [9.17, 15) is 4.79 Å². The fraction of sp³-hybridized carbons (Fsp3) is 0.611. The van der Waals surface area contributed by atoms with Crippen molar-refractivity contribution in [3.05, 3.63) is 27.5 Å². The first-order chi connectivity index (χ1) is 11.5. The summed E-state index contributed by atoms with van der Waals surface area (Å²) in [7, 11) is 0. The van der Waals surface area contributed by atoms with E-state index in [2.05, 4.69) is 30.9 Å². The van der Waals surface area contributed by atoms with Crippen molar-refractivity contribution in [2.24, 2.45) is 0 Å². The zero-order valence-electron chi connectivity index (χ0n) is 15.5. The van der Waals surface area contributed by atoms with E-state index in [0.717, 1.165) is 59.4 Å². The van der Waals surface area contributed by atoms with Crippen molar-refractivity contribution >= 4 is 29.7 Å². The lowest BCUT2D eigenvalue weighted by Crippen LogP contribution is -2.27. The minimum atomic E-state index is 0. The molecule has 0 aliphatic carbocycles. The van der Waals surface area contributed by atoms with Crippen LogP contribution in [0.4, 0.5) is 0 Å². The van der Waals surface area contributed by atoms with E-state index in [-0.39, 0.29) is 18.3 Å². The van der Waals surface area contributed by atoms with E-state index in [1.165, 1.54) is 29.7 Å². The van der Waals surface area contributed by atoms with Gasteiger partial charge in [-0.1, -0.05) is 24.7 Å². The third kappa shape index (κ3) is 3.90. The summed E-state index contributed by atoms with van der Waals surface area (Å²) in [5.41, 5.74) is 4.35. The van der Waals surface area contributed by atoms with Crippen LogP contribution in [0.1, 0.15) is 64.9 Å². The van der Waals surface area contributed by atoms with Crippen LogP contribution in [0.5, 0.6) is 0 Å². The van der Waals surface area contributed by atoms with Gasteiger partial charge in [-0.15, -0.1) is 12.4 Å². The van der Waals surface area contributed by atoms with Crippen LogP contribution in [-0.4, -0.2) is 38.7 Å². The van der Waals surface area contributed by atoms with E-state index < -0.39 is 0 Å². The molecule has 0 N–H and O–H groups in total. The number of aromatic nitrogens is 3. The van der Waals surface area contributed by atoms with Crippen molar-refractivity contribution in [2.75, 3.05) is 13.1 Å². The Morgan fingerprint density at radius 1 is 1.16 bits per heavy atom. The highest BCUT2D eigenvalue weighted by molar-refractivity contribution is 7.16. The molecule has 0 unspecified atom stereocenters. The molecule has 0 aromatic carbocycles. The number of amides is 1. The SMILES string of the molecule is CCCCc1c(C)nn(-c2nc(C)c(C(=O)N3CCCC3)s2)c1C.Cl. The molecule has 1 aliphatic rings. The summed E-state index contributed by atoms with van der Waals surface area (Å²) in [6, 6.07) is 0. The molecule has 7 heteroatoms. The zero-order chi connectivity index (χ0) is 17.3. The molecule has 1 saturated heterocycles. The topological polar surface area (TPSA) is 51.0 Å². The number of nitrogens with zero attached hydrogens (tertiary/aromatic N) is 4. The average Bonchev–Trinajstić information content (AvgIpc) is 3.26.